The highest BCUT2D eigenvalue weighted by atomic mass is 32.2. The van der Waals surface area contributed by atoms with Crippen molar-refractivity contribution in [3.8, 4) is 0 Å². The summed E-state index contributed by atoms with van der Waals surface area (Å²) in [5, 5.41) is 3.85. The Labute approximate surface area is 100 Å². The Morgan fingerprint density at radius 3 is 2.69 bits per heavy atom. The maximum Gasteiger partial charge on any atom is 0.236 e. The lowest BCUT2D eigenvalue weighted by molar-refractivity contribution is 0.370. The van der Waals surface area contributed by atoms with Crippen LogP contribution in [-0.4, -0.2) is 21.9 Å². The molecule has 1 heterocycles. The number of hydrogen-bond donors (Lipinski definition) is 2. The van der Waals surface area contributed by atoms with Gasteiger partial charge in [0, 0.05) is 11.8 Å². The first-order chi connectivity index (χ1) is 7.43. The third-order valence-electron chi connectivity index (χ3n) is 2.13. The van der Waals surface area contributed by atoms with Crippen molar-refractivity contribution >= 4 is 11.8 Å². The summed E-state index contributed by atoms with van der Waals surface area (Å²) in [6.45, 7) is 5.77. The van der Waals surface area contributed by atoms with Gasteiger partial charge in [0.05, 0.1) is 11.3 Å². The molecule has 1 rings (SSSR count). The van der Waals surface area contributed by atoms with Crippen molar-refractivity contribution in [2.24, 2.45) is 11.5 Å². The fraction of sp³-hybridized carbons (Fsp3) is 0.800. The van der Waals surface area contributed by atoms with Crippen molar-refractivity contribution in [1.82, 2.24) is 10.1 Å². The van der Waals surface area contributed by atoms with Gasteiger partial charge in [-0.2, -0.15) is 16.7 Å². The van der Waals surface area contributed by atoms with Crippen molar-refractivity contribution in [3.63, 3.8) is 0 Å². The quantitative estimate of drug-likeness (QED) is 0.782. The first-order valence-electron chi connectivity index (χ1n) is 5.38. The number of aromatic nitrogens is 2. The standard InChI is InChI=1S/C10H20N4OS/c1-4-7(11)5-16-6-8-13-9(14-15-8)10(2,3)12/h7H,4-6,11-12H2,1-3H3. The van der Waals surface area contributed by atoms with Crippen LogP contribution >= 0.6 is 11.8 Å². The van der Waals surface area contributed by atoms with Gasteiger partial charge in [-0.1, -0.05) is 12.1 Å². The zero-order valence-corrected chi connectivity index (χ0v) is 10.9. The Kier molecular flexibility index (Phi) is 4.76. The lowest BCUT2D eigenvalue weighted by atomic mass is 10.1. The van der Waals surface area contributed by atoms with E-state index in [0.29, 0.717) is 17.5 Å². The number of hydrogen-bond acceptors (Lipinski definition) is 6. The van der Waals surface area contributed by atoms with Crippen LogP contribution in [0, 0.1) is 0 Å². The molecule has 0 fully saturated rings. The van der Waals surface area contributed by atoms with Gasteiger partial charge in [-0.25, -0.2) is 0 Å². The second kappa shape index (κ2) is 5.65. The minimum Gasteiger partial charge on any atom is -0.338 e. The fourth-order valence-electron chi connectivity index (χ4n) is 0.991. The molecular formula is C10H20N4OS. The Hall–Kier alpha value is -0.590. The molecule has 0 radical (unpaired) electrons. The van der Waals surface area contributed by atoms with E-state index in [-0.39, 0.29) is 6.04 Å². The minimum absolute atomic E-state index is 0.235. The van der Waals surface area contributed by atoms with Crippen molar-refractivity contribution in [2.75, 3.05) is 5.75 Å². The summed E-state index contributed by atoms with van der Waals surface area (Å²) < 4.78 is 5.10. The molecule has 6 heteroatoms. The zero-order valence-electron chi connectivity index (χ0n) is 10.1. The first-order valence-corrected chi connectivity index (χ1v) is 6.54. The van der Waals surface area contributed by atoms with Crippen LogP contribution < -0.4 is 11.5 Å². The van der Waals surface area contributed by atoms with Gasteiger partial charge in [0.1, 0.15) is 0 Å². The maximum absolute atomic E-state index is 5.86. The zero-order chi connectivity index (χ0) is 12.2. The van der Waals surface area contributed by atoms with Gasteiger partial charge in [-0.3, -0.25) is 0 Å². The summed E-state index contributed by atoms with van der Waals surface area (Å²) in [5.41, 5.74) is 11.1. The number of rotatable bonds is 6. The second-order valence-electron chi connectivity index (χ2n) is 4.42. The molecule has 0 aliphatic carbocycles. The predicted molar refractivity (Wildman–Crippen MR) is 65.9 cm³/mol. The molecule has 0 amide bonds. The van der Waals surface area contributed by atoms with Gasteiger partial charge >= 0.3 is 0 Å². The molecule has 0 aliphatic rings. The van der Waals surface area contributed by atoms with E-state index in [0.717, 1.165) is 12.2 Å². The van der Waals surface area contributed by atoms with Crippen LogP contribution in [0.3, 0.4) is 0 Å². The van der Waals surface area contributed by atoms with Crippen LogP contribution in [0.5, 0.6) is 0 Å². The fourth-order valence-corrected chi connectivity index (χ4v) is 1.94. The van der Waals surface area contributed by atoms with Gasteiger partial charge in [0.25, 0.3) is 0 Å². The third kappa shape index (κ3) is 4.11. The summed E-state index contributed by atoms with van der Waals surface area (Å²) in [7, 11) is 0. The van der Waals surface area contributed by atoms with Gasteiger partial charge < -0.3 is 16.0 Å². The second-order valence-corrected chi connectivity index (χ2v) is 5.45. The van der Waals surface area contributed by atoms with E-state index < -0.39 is 5.54 Å². The lowest BCUT2D eigenvalue weighted by Crippen LogP contribution is -2.30. The molecule has 4 N–H and O–H groups in total. The largest absolute Gasteiger partial charge is 0.338 e. The van der Waals surface area contributed by atoms with E-state index in [2.05, 4.69) is 17.1 Å². The molecule has 1 atom stereocenters. The highest BCUT2D eigenvalue weighted by molar-refractivity contribution is 7.98. The SMILES string of the molecule is CCC(N)CSCc1nc(C(C)(C)N)no1. The van der Waals surface area contributed by atoms with Crippen molar-refractivity contribution < 1.29 is 4.52 Å². The van der Waals surface area contributed by atoms with E-state index in [1.807, 2.05) is 13.8 Å². The normalized spacial score (nSPS) is 14.1. The van der Waals surface area contributed by atoms with Gasteiger partial charge in [-0.05, 0) is 20.3 Å². The molecular weight excluding hydrogens is 224 g/mol. The van der Waals surface area contributed by atoms with Gasteiger partial charge in [-0.15, -0.1) is 0 Å². The average Bonchev–Trinajstić information content (AvgIpc) is 2.65. The van der Waals surface area contributed by atoms with Gasteiger partial charge in [0.2, 0.25) is 5.89 Å². The molecule has 0 aromatic carbocycles. The lowest BCUT2D eigenvalue weighted by Gasteiger charge is -2.11. The van der Waals surface area contributed by atoms with Crippen molar-refractivity contribution in [1.29, 1.82) is 0 Å². The van der Waals surface area contributed by atoms with Crippen LogP contribution in [0.15, 0.2) is 4.52 Å². The molecule has 0 spiro atoms. The smallest absolute Gasteiger partial charge is 0.236 e. The van der Waals surface area contributed by atoms with Crippen LogP contribution in [0.25, 0.3) is 0 Å². The number of nitrogens with zero attached hydrogens (tertiary/aromatic N) is 2. The predicted octanol–water partition coefficient (Wildman–Crippen LogP) is 1.23. The third-order valence-corrected chi connectivity index (χ3v) is 3.24. The average molecular weight is 244 g/mol. The summed E-state index contributed by atoms with van der Waals surface area (Å²) in [4.78, 5) is 4.24. The first kappa shape index (κ1) is 13.5. The Bertz CT molecular complexity index is 321. The molecule has 5 nitrogen and oxygen atoms in total. The van der Waals surface area contributed by atoms with E-state index in [1.165, 1.54) is 0 Å². The summed E-state index contributed by atoms with van der Waals surface area (Å²) in [5.74, 6) is 2.75. The highest BCUT2D eigenvalue weighted by Gasteiger charge is 2.21. The molecule has 0 aliphatic heterocycles. The molecule has 0 bridgehead atoms. The molecule has 92 valence electrons. The van der Waals surface area contributed by atoms with Crippen molar-refractivity contribution in [3.05, 3.63) is 11.7 Å². The van der Waals surface area contributed by atoms with E-state index >= 15 is 0 Å². The highest BCUT2D eigenvalue weighted by Crippen LogP contribution is 2.16. The van der Waals surface area contributed by atoms with Crippen LogP contribution in [0.1, 0.15) is 38.9 Å². The van der Waals surface area contributed by atoms with Crippen LogP contribution in [0.2, 0.25) is 0 Å². The summed E-state index contributed by atoms with van der Waals surface area (Å²) in [6.07, 6.45) is 0.984. The van der Waals surface area contributed by atoms with Gasteiger partial charge in [0.15, 0.2) is 5.82 Å². The topological polar surface area (TPSA) is 91.0 Å². The minimum atomic E-state index is -0.549. The number of thioether (sulfide) groups is 1. The van der Waals surface area contributed by atoms with E-state index in [4.69, 9.17) is 16.0 Å². The summed E-state index contributed by atoms with van der Waals surface area (Å²) >= 11 is 1.70. The monoisotopic (exact) mass is 244 g/mol. The Balaban J connectivity index is 2.41. The van der Waals surface area contributed by atoms with Crippen LogP contribution in [0.4, 0.5) is 0 Å². The molecule has 1 unspecified atom stereocenters. The molecule has 1 aromatic rings. The van der Waals surface area contributed by atoms with E-state index in [1.54, 1.807) is 11.8 Å². The molecule has 0 saturated heterocycles. The number of nitrogens with two attached hydrogens (primary N) is 2. The van der Waals surface area contributed by atoms with E-state index in [9.17, 15) is 0 Å². The van der Waals surface area contributed by atoms with Crippen molar-refractivity contribution in [2.45, 2.75) is 44.5 Å². The molecule has 16 heavy (non-hydrogen) atoms. The Morgan fingerprint density at radius 1 is 1.50 bits per heavy atom. The maximum atomic E-state index is 5.86. The summed E-state index contributed by atoms with van der Waals surface area (Å²) in [6, 6.07) is 0.235. The Morgan fingerprint density at radius 2 is 2.19 bits per heavy atom. The molecule has 1 aromatic heterocycles. The molecule has 0 saturated carbocycles. The van der Waals surface area contributed by atoms with Crippen LogP contribution in [-0.2, 0) is 11.3 Å².